The van der Waals surface area contributed by atoms with Gasteiger partial charge in [-0.1, -0.05) is 6.92 Å². The van der Waals surface area contributed by atoms with Crippen LogP contribution in [0.15, 0.2) is 18.2 Å². The fraction of sp³-hybridized carbons (Fsp3) is 0.538. The molecule has 0 unspecified atom stereocenters. The predicted octanol–water partition coefficient (Wildman–Crippen LogP) is 3.52. The van der Waals surface area contributed by atoms with Crippen molar-refractivity contribution in [1.29, 1.82) is 0 Å². The molecule has 2 nitrogen and oxygen atoms in total. The van der Waals surface area contributed by atoms with Gasteiger partial charge in [0.1, 0.15) is 0 Å². The van der Waals surface area contributed by atoms with E-state index >= 15 is 0 Å². The van der Waals surface area contributed by atoms with Crippen LogP contribution in [0.1, 0.15) is 25.3 Å². The van der Waals surface area contributed by atoms with Crippen LogP contribution in [-0.2, 0) is 6.18 Å². The zero-order chi connectivity index (χ0) is 13.3. The van der Waals surface area contributed by atoms with Crippen LogP contribution in [0.25, 0.3) is 0 Å². The van der Waals surface area contributed by atoms with Gasteiger partial charge < -0.3 is 10.6 Å². The average Bonchev–Trinajstić information content (AvgIpc) is 2.27. The van der Waals surface area contributed by atoms with E-state index in [4.69, 9.17) is 5.73 Å². The number of hydrogen-bond acceptors (Lipinski definition) is 2. The molecule has 1 aromatic carbocycles. The van der Waals surface area contributed by atoms with Crippen molar-refractivity contribution in [3.8, 4) is 0 Å². The molecule has 1 aromatic rings. The summed E-state index contributed by atoms with van der Waals surface area (Å²) in [6.07, 6.45) is -2.35. The van der Waals surface area contributed by atoms with Crippen LogP contribution < -0.4 is 10.6 Å². The van der Waals surface area contributed by atoms with Crippen molar-refractivity contribution in [3.63, 3.8) is 0 Å². The lowest BCUT2D eigenvalue weighted by Crippen LogP contribution is -2.35. The fourth-order valence-corrected chi connectivity index (χ4v) is 2.46. The first kappa shape index (κ1) is 13.1. The first-order chi connectivity index (χ1) is 8.38. The highest BCUT2D eigenvalue weighted by Gasteiger charge is 2.35. The molecular formula is C13H17F3N2. The minimum atomic E-state index is -4.36. The Hall–Kier alpha value is -1.39. The van der Waals surface area contributed by atoms with Crippen molar-refractivity contribution in [2.75, 3.05) is 23.7 Å². The zero-order valence-electron chi connectivity index (χ0n) is 10.3. The van der Waals surface area contributed by atoms with Crippen LogP contribution in [0.5, 0.6) is 0 Å². The lowest BCUT2D eigenvalue weighted by molar-refractivity contribution is -0.137. The molecule has 0 spiro atoms. The van der Waals surface area contributed by atoms with Crippen LogP contribution in [0, 0.1) is 5.92 Å². The number of piperidine rings is 1. The molecular weight excluding hydrogens is 241 g/mol. The van der Waals surface area contributed by atoms with E-state index in [-0.39, 0.29) is 11.4 Å². The summed E-state index contributed by atoms with van der Waals surface area (Å²) in [5.74, 6) is 0.428. The lowest BCUT2D eigenvalue weighted by atomic mass is 9.98. The third-order valence-electron chi connectivity index (χ3n) is 3.32. The van der Waals surface area contributed by atoms with Crippen molar-refractivity contribution < 1.29 is 13.2 Å². The van der Waals surface area contributed by atoms with Crippen LogP contribution in [-0.4, -0.2) is 13.1 Å². The molecule has 18 heavy (non-hydrogen) atoms. The van der Waals surface area contributed by atoms with E-state index in [2.05, 4.69) is 6.92 Å². The summed E-state index contributed by atoms with van der Waals surface area (Å²) in [5.41, 5.74) is 5.24. The first-order valence-corrected chi connectivity index (χ1v) is 6.09. The van der Waals surface area contributed by atoms with E-state index in [1.807, 2.05) is 4.90 Å². The molecule has 2 N–H and O–H groups in total. The number of nitrogens with two attached hydrogens (primary N) is 1. The normalized spacial score (nSPS) is 21.1. The van der Waals surface area contributed by atoms with Gasteiger partial charge in [-0.15, -0.1) is 0 Å². The first-order valence-electron chi connectivity index (χ1n) is 6.09. The molecule has 5 heteroatoms. The van der Waals surface area contributed by atoms with E-state index in [9.17, 15) is 13.2 Å². The molecule has 0 aliphatic carbocycles. The van der Waals surface area contributed by atoms with Crippen LogP contribution in [0.4, 0.5) is 24.5 Å². The maximum Gasteiger partial charge on any atom is 0.418 e. The van der Waals surface area contributed by atoms with Crippen molar-refractivity contribution in [1.82, 2.24) is 0 Å². The quantitative estimate of drug-likeness (QED) is 0.781. The maximum absolute atomic E-state index is 13.0. The minimum Gasteiger partial charge on any atom is -0.399 e. The van der Waals surface area contributed by atoms with E-state index in [1.54, 1.807) is 0 Å². The molecule has 1 saturated heterocycles. The van der Waals surface area contributed by atoms with Crippen molar-refractivity contribution >= 4 is 11.4 Å². The number of nitrogens with zero attached hydrogens (tertiary/aromatic N) is 1. The number of anilines is 2. The summed E-state index contributed by atoms with van der Waals surface area (Å²) in [6.45, 7) is 3.42. The van der Waals surface area contributed by atoms with Gasteiger partial charge in [-0.25, -0.2) is 0 Å². The van der Waals surface area contributed by atoms with E-state index in [0.29, 0.717) is 19.0 Å². The summed E-state index contributed by atoms with van der Waals surface area (Å²) >= 11 is 0. The molecule has 2 rings (SSSR count). The average molecular weight is 258 g/mol. The Labute approximate surface area is 105 Å². The summed E-state index contributed by atoms with van der Waals surface area (Å²) in [5, 5.41) is 0. The smallest absolute Gasteiger partial charge is 0.399 e. The highest BCUT2D eigenvalue weighted by molar-refractivity contribution is 5.61. The molecule has 1 aliphatic rings. The van der Waals surface area contributed by atoms with Gasteiger partial charge in [-0.3, -0.25) is 0 Å². The summed E-state index contributed by atoms with van der Waals surface area (Å²) in [7, 11) is 0. The van der Waals surface area contributed by atoms with Crippen molar-refractivity contribution in [3.05, 3.63) is 23.8 Å². The van der Waals surface area contributed by atoms with Gasteiger partial charge in [-0.2, -0.15) is 13.2 Å². The molecule has 0 saturated carbocycles. The zero-order valence-corrected chi connectivity index (χ0v) is 10.3. The Bertz CT molecular complexity index is 429. The summed E-state index contributed by atoms with van der Waals surface area (Å²) in [4.78, 5) is 1.82. The molecule has 0 amide bonds. The monoisotopic (exact) mass is 258 g/mol. The van der Waals surface area contributed by atoms with Gasteiger partial charge in [-0.05, 0) is 37.0 Å². The molecule has 1 fully saturated rings. The Morgan fingerprint density at radius 2 is 2.06 bits per heavy atom. The Kier molecular flexibility index (Phi) is 3.41. The fourth-order valence-electron chi connectivity index (χ4n) is 2.46. The molecule has 0 radical (unpaired) electrons. The van der Waals surface area contributed by atoms with Crippen LogP contribution in [0.3, 0.4) is 0 Å². The van der Waals surface area contributed by atoms with Gasteiger partial charge in [0.2, 0.25) is 0 Å². The van der Waals surface area contributed by atoms with Gasteiger partial charge in [0.25, 0.3) is 0 Å². The van der Waals surface area contributed by atoms with Crippen molar-refractivity contribution in [2.45, 2.75) is 25.9 Å². The molecule has 0 bridgehead atoms. The minimum absolute atomic E-state index is 0.149. The third kappa shape index (κ3) is 2.71. The molecule has 0 aromatic heterocycles. The Morgan fingerprint density at radius 1 is 1.33 bits per heavy atom. The van der Waals surface area contributed by atoms with E-state index in [0.717, 1.165) is 18.9 Å². The molecule has 100 valence electrons. The number of hydrogen-bond donors (Lipinski definition) is 1. The van der Waals surface area contributed by atoms with Gasteiger partial charge in [0, 0.05) is 24.5 Å². The Balaban J connectivity index is 2.37. The second-order valence-electron chi connectivity index (χ2n) is 4.97. The van der Waals surface area contributed by atoms with Crippen molar-refractivity contribution in [2.24, 2.45) is 5.92 Å². The topological polar surface area (TPSA) is 29.3 Å². The number of nitrogen functional groups attached to an aromatic ring is 1. The second-order valence-corrected chi connectivity index (χ2v) is 4.97. The summed E-state index contributed by atoms with van der Waals surface area (Å²) in [6, 6.07) is 4.04. The van der Waals surface area contributed by atoms with E-state index < -0.39 is 11.7 Å². The maximum atomic E-state index is 13.0. The third-order valence-corrected chi connectivity index (χ3v) is 3.32. The van der Waals surface area contributed by atoms with Gasteiger partial charge in [0.15, 0.2) is 0 Å². The standard InChI is InChI=1S/C13H17F3N2/c1-9-3-2-6-18(8-9)12-5-4-10(17)7-11(12)13(14,15)16/h4-5,7,9H,2-3,6,8,17H2,1H3/t9-/m0/s1. The van der Waals surface area contributed by atoms with E-state index in [1.165, 1.54) is 12.1 Å². The Morgan fingerprint density at radius 3 is 2.67 bits per heavy atom. The highest BCUT2D eigenvalue weighted by Crippen LogP contribution is 2.38. The SMILES string of the molecule is C[C@H]1CCCN(c2ccc(N)cc2C(F)(F)F)C1. The largest absolute Gasteiger partial charge is 0.418 e. The number of rotatable bonds is 1. The number of halogens is 3. The van der Waals surface area contributed by atoms with Crippen LogP contribution >= 0.6 is 0 Å². The number of alkyl halides is 3. The predicted molar refractivity (Wildman–Crippen MR) is 66.5 cm³/mol. The number of benzene rings is 1. The molecule has 1 heterocycles. The second kappa shape index (κ2) is 4.71. The van der Waals surface area contributed by atoms with Gasteiger partial charge >= 0.3 is 6.18 Å². The highest BCUT2D eigenvalue weighted by atomic mass is 19.4. The molecule has 1 atom stereocenters. The molecule has 1 aliphatic heterocycles. The van der Waals surface area contributed by atoms with Gasteiger partial charge in [0.05, 0.1) is 5.56 Å². The lowest BCUT2D eigenvalue weighted by Gasteiger charge is -2.34. The summed E-state index contributed by atoms with van der Waals surface area (Å²) < 4.78 is 39.0. The van der Waals surface area contributed by atoms with Crippen LogP contribution in [0.2, 0.25) is 0 Å².